The second kappa shape index (κ2) is 12.6. The fourth-order valence-electron chi connectivity index (χ4n) is 6.79. The fourth-order valence-corrected chi connectivity index (χ4v) is 7.01. The number of para-hydroxylation sites is 2. The first kappa shape index (κ1) is 29.8. The zero-order chi connectivity index (χ0) is 33.4. The first-order valence-electron chi connectivity index (χ1n) is 16.6. The van der Waals surface area contributed by atoms with Crippen LogP contribution in [0.5, 0.6) is 0 Å². The normalized spacial score (nSPS) is 11.3. The average Bonchev–Trinajstić information content (AvgIpc) is 3.53. The number of hydrogen-bond acceptors (Lipinski definition) is 3. The van der Waals surface area contributed by atoms with E-state index < -0.39 is 0 Å². The van der Waals surface area contributed by atoms with E-state index in [1.165, 1.54) is 21.8 Å². The summed E-state index contributed by atoms with van der Waals surface area (Å²) in [5, 5.41) is 3.15. The molecule has 2 aromatic heterocycles. The minimum absolute atomic E-state index is 0.609. The summed E-state index contributed by atoms with van der Waals surface area (Å²) < 4.78 is 2.33. The molecule has 0 aliphatic heterocycles. The van der Waals surface area contributed by atoms with Crippen LogP contribution in [0.4, 0.5) is 0 Å². The summed E-state index contributed by atoms with van der Waals surface area (Å²) in [5.74, 6) is 1.86. The van der Waals surface area contributed by atoms with Gasteiger partial charge in [0.1, 0.15) is 0 Å². The van der Waals surface area contributed by atoms with Crippen LogP contribution in [0.3, 0.4) is 0 Å². The molecule has 0 radical (unpaired) electrons. The van der Waals surface area contributed by atoms with Crippen molar-refractivity contribution in [3.63, 3.8) is 0 Å². The van der Waals surface area contributed by atoms with Gasteiger partial charge in [0.05, 0.1) is 11.0 Å². The van der Waals surface area contributed by atoms with E-state index in [9.17, 15) is 0 Å². The van der Waals surface area contributed by atoms with Crippen molar-refractivity contribution in [1.29, 1.82) is 0 Å². The van der Waals surface area contributed by atoms with Gasteiger partial charge < -0.3 is 4.57 Å². The molecule has 0 aliphatic carbocycles. The number of halogens is 1. The van der Waals surface area contributed by atoms with E-state index in [-0.39, 0.29) is 0 Å². The van der Waals surface area contributed by atoms with Crippen molar-refractivity contribution in [3.8, 4) is 62.1 Å². The summed E-state index contributed by atoms with van der Waals surface area (Å²) in [7, 11) is 0. The fraction of sp³-hybridized carbons (Fsp3) is 0. The summed E-state index contributed by atoms with van der Waals surface area (Å²) in [6, 6.07) is 60.3. The first-order valence-corrected chi connectivity index (χ1v) is 16.9. The number of benzene rings is 7. The number of nitrogens with zero attached hydrogens (tertiary/aromatic N) is 4. The Kier molecular flexibility index (Phi) is 7.49. The summed E-state index contributed by atoms with van der Waals surface area (Å²) in [6.45, 7) is 0. The molecule has 4 nitrogen and oxygen atoms in total. The first-order chi connectivity index (χ1) is 24.7. The Morgan fingerprint density at radius 2 is 0.860 bits per heavy atom. The van der Waals surface area contributed by atoms with Crippen LogP contribution in [0.2, 0.25) is 5.02 Å². The van der Waals surface area contributed by atoms with Crippen LogP contribution in [0, 0.1) is 0 Å². The lowest BCUT2D eigenvalue weighted by atomic mass is 9.95. The van der Waals surface area contributed by atoms with Gasteiger partial charge in [0.25, 0.3) is 0 Å². The van der Waals surface area contributed by atoms with E-state index in [0.717, 1.165) is 44.6 Å². The van der Waals surface area contributed by atoms with E-state index in [4.69, 9.17) is 26.6 Å². The van der Waals surface area contributed by atoms with Crippen LogP contribution in [-0.4, -0.2) is 19.5 Å². The third kappa shape index (κ3) is 5.33. The molecule has 0 saturated heterocycles. The van der Waals surface area contributed by atoms with Crippen LogP contribution in [0.25, 0.3) is 83.9 Å². The van der Waals surface area contributed by atoms with Crippen molar-refractivity contribution in [2.45, 2.75) is 0 Å². The number of aromatic nitrogens is 4. The van der Waals surface area contributed by atoms with Gasteiger partial charge in [-0.05, 0) is 53.1 Å². The third-order valence-electron chi connectivity index (χ3n) is 9.14. The Labute approximate surface area is 295 Å². The van der Waals surface area contributed by atoms with Gasteiger partial charge >= 0.3 is 0 Å². The third-order valence-corrected chi connectivity index (χ3v) is 9.47. The summed E-state index contributed by atoms with van der Waals surface area (Å²) in [5.41, 5.74) is 10.2. The maximum Gasteiger partial charge on any atom is 0.164 e. The monoisotopic (exact) mass is 660 g/mol. The van der Waals surface area contributed by atoms with Gasteiger partial charge in [0.2, 0.25) is 0 Å². The van der Waals surface area contributed by atoms with E-state index in [2.05, 4.69) is 102 Å². The highest BCUT2D eigenvalue weighted by Crippen LogP contribution is 2.39. The molecule has 0 bridgehead atoms. The van der Waals surface area contributed by atoms with E-state index in [0.29, 0.717) is 22.5 Å². The van der Waals surface area contributed by atoms with Gasteiger partial charge in [-0.25, -0.2) is 15.0 Å². The summed E-state index contributed by atoms with van der Waals surface area (Å²) in [6.07, 6.45) is 0. The minimum atomic E-state index is 0.609. The maximum absolute atomic E-state index is 6.98. The molecule has 0 N–H and O–H groups in total. The van der Waals surface area contributed by atoms with E-state index in [1.54, 1.807) is 0 Å². The van der Waals surface area contributed by atoms with Crippen LogP contribution in [0.1, 0.15) is 0 Å². The molecule has 0 unspecified atom stereocenters. The smallest absolute Gasteiger partial charge is 0.164 e. The highest BCUT2D eigenvalue weighted by molar-refractivity contribution is 6.33. The number of hydrogen-bond donors (Lipinski definition) is 0. The summed E-state index contributed by atoms with van der Waals surface area (Å²) >= 11 is 6.98. The molecule has 0 atom stereocenters. The minimum Gasteiger partial charge on any atom is -0.309 e. The van der Waals surface area contributed by atoms with Gasteiger partial charge in [-0.2, -0.15) is 0 Å². The highest BCUT2D eigenvalue weighted by Gasteiger charge is 2.17. The van der Waals surface area contributed by atoms with Gasteiger partial charge in [-0.15, -0.1) is 0 Å². The van der Waals surface area contributed by atoms with Gasteiger partial charge in [-0.1, -0.05) is 151 Å². The van der Waals surface area contributed by atoms with Gasteiger partial charge in [-0.3, -0.25) is 0 Å². The lowest BCUT2D eigenvalue weighted by Gasteiger charge is -2.14. The molecule has 0 saturated carbocycles. The molecule has 0 spiro atoms. The lowest BCUT2D eigenvalue weighted by molar-refractivity contribution is 1.07. The highest BCUT2D eigenvalue weighted by atomic mass is 35.5. The zero-order valence-corrected chi connectivity index (χ0v) is 27.7. The number of rotatable bonds is 6. The Bertz CT molecular complexity index is 2550. The van der Waals surface area contributed by atoms with E-state index >= 15 is 0 Å². The SMILES string of the molecule is Clc1ccc(-c2ccccc2-c2nc(-c3ccccc3)nc(-c3ccccc3)n2)cc1-c1cccc(-n2c3ccccc3c3ccccc32)c1. The molecule has 9 aromatic rings. The molecule has 0 fully saturated rings. The van der Waals surface area contributed by atoms with Crippen LogP contribution >= 0.6 is 11.6 Å². The Balaban J connectivity index is 1.18. The van der Waals surface area contributed by atoms with Crippen molar-refractivity contribution in [2.24, 2.45) is 0 Å². The molecule has 2 heterocycles. The molecule has 0 aliphatic rings. The molecule has 50 heavy (non-hydrogen) atoms. The van der Waals surface area contributed by atoms with E-state index in [1.807, 2.05) is 78.9 Å². The van der Waals surface area contributed by atoms with Crippen molar-refractivity contribution in [2.75, 3.05) is 0 Å². The second-order valence-corrected chi connectivity index (χ2v) is 12.6. The molecule has 0 amide bonds. The molecule has 5 heteroatoms. The number of fused-ring (bicyclic) bond motifs is 3. The largest absolute Gasteiger partial charge is 0.309 e. The standard InChI is InChI=1S/C45H29ClN4/c46-40-27-26-33(29-39(40)32-18-13-19-34(28-32)50-41-24-11-9-21-36(41)37-22-10-12-25-42(37)50)35-20-7-8-23-38(35)45-48-43(30-14-3-1-4-15-30)47-44(49-45)31-16-5-2-6-17-31/h1-29H. The second-order valence-electron chi connectivity index (χ2n) is 12.2. The maximum atomic E-state index is 6.98. The predicted molar refractivity (Wildman–Crippen MR) is 206 cm³/mol. The Morgan fingerprint density at radius 3 is 1.50 bits per heavy atom. The topological polar surface area (TPSA) is 43.6 Å². The quantitative estimate of drug-likeness (QED) is 0.178. The van der Waals surface area contributed by atoms with Gasteiger partial charge in [0.15, 0.2) is 17.5 Å². The van der Waals surface area contributed by atoms with Crippen molar-refractivity contribution < 1.29 is 0 Å². The van der Waals surface area contributed by atoms with Crippen molar-refractivity contribution >= 4 is 33.4 Å². The van der Waals surface area contributed by atoms with Gasteiger partial charge in [0, 0.05) is 43.7 Å². The van der Waals surface area contributed by atoms with Crippen LogP contribution in [-0.2, 0) is 0 Å². The molecular formula is C45H29ClN4. The summed E-state index contributed by atoms with van der Waals surface area (Å²) in [4.78, 5) is 14.9. The lowest BCUT2D eigenvalue weighted by Crippen LogP contribution is -2.01. The van der Waals surface area contributed by atoms with Crippen LogP contribution < -0.4 is 0 Å². The average molecular weight is 661 g/mol. The zero-order valence-electron chi connectivity index (χ0n) is 26.9. The van der Waals surface area contributed by atoms with Crippen molar-refractivity contribution in [1.82, 2.24) is 19.5 Å². The van der Waals surface area contributed by atoms with Crippen molar-refractivity contribution in [3.05, 3.63) is 181 Å². The molecule has 7 aromatic carbocycles. The Hall–Kier alpha value is -6.36. The Morgan fingerprint density at radius 1 is 0.360 bits per heavy atom. The van der Waals surface area contributed by atoms with Crippen LogP contribution in [0.15, 0.2) is 176 Å². The molecule has 236 valence electrons. The molecule has 9 rings (SSSR count). The molecular weight excluding hydrogens is 632 g/mol. The predicted octanol–water partition coefficient (Wildman–Crippen LogP) is 12.0.